The lowest BCUT2D eigenvalue weighted by Crippen LogP contribution is -2.27. The molecule has 1 heterocycles. The fourth-order valence-corrected chi connectivity index (χ4v) is 1.84. The highest BCUT2D eigenvalue weighted by Gasteiger charge is 2.21. The number of carbonyl (C=O) groups is 2. The summed E-state index contributed by atoms with van der Waals surface area (Å²) in [7, 11) is 0. The van der Waals surface area contributed by atoms with Crippen molar-refractivity contribution in [3.8, 4) is 0 Å². The predicted octanol–water partition coefficient (Wildman–Crippen LogP) is 3.69. The van der Waals surface area contributed by atoms with Crippen molar-refractivity contribution in [1.29, 1.82) is 0 Å². The van der Waals surface area contributed by atoms with Gasteiger partial charge in [0.15, 0.2) is 6.29 Å². The second kappa shape index (κ2) is 5.21. The Morgan fingerprint density at radius 3 is 2.60 bits per heavy atom. The van der Waals surface area contributed by atoms with E-state index in [2.05, 4.69) is 10.3 Å². The zero-order valence-electron chi connectivity index (χ0n) is 11.5. The Bertz CT molecular complexity index is 690. The molecular formula is C15H15ClN2O2. The molecule has 0 atom stereocenters. The van der Waals surface area contributed by atoms with Crippen molar-refractivity contribution in [3.63, 3.8) is 0 Å². The van der Waals surface area contributed by atoms with E-state index >= 15 is 0 Å². The number of hydrogen-bond acceptors (Lipinski definition) is 3. The van der Waals surface area contributed by atoms with Crippen molar-refractivity contribution in [2.75, 3.05) is 5.32 Å². The highest BCUT2D eigenvalue weighted by atomic mass is 35.5. The van der Waals surface area contributed by atoms with Crippen LogP contribution >= 0.6 is 11.6 Å². The fraction of sp³-hybridized carbons (Fsp3) is 0.267. The lowest BCUT2D eigenvalue weighted by atomic mass is 9.95. The van der Waals surface area contributed by atoms with Gasteiger partial charge in [0.1, 0.15) is 5.15 Å². The predicted molar refractivity (Wildman–Crippen MR) is 80.2 cm³/mol. The molecule has 0 aliphatic heterocycles. The first kappa shape index (κ1) is 14.5. The number of nitrogens with one attached hydrogen (secondary N) is 1. The van der Waals surface area contributed by atoms with Gasteiger partial charge >= 0.3 is 0 Å². The number of nitrogens with zero attached hydrogens (tertiary/aromatic N) is 1. The molecule has 0 radical (unpaired) electrons. The monoisotopic (exact) mass is 290 g/mol. The Morgan fingerprint density at radius 2 is 2.00 bits per heavy atom. The molecule has 1 aromatic heterocycles. The van der Waals surface area contributed by atoms with Gasteiger partial charge in [0, 0.05) is 16.5 Å². The maximum atomic E-state index is 11.9. The lowest BCUT2D eigenvalue weighted by molar-refractivity contribution is -0.123. The molecule has 5 heteroatoms. The number of aromatic nitrogens is 1. The quantitative estimate of drug-likeness (QED) is 0.678. The maximum Gasteiger partial charge on any atom is 0.229 e. The smallest absolute Gasteiger partial charge is 0.229 e. The van der Waals surface area contributed by atoms with Crippen LogP contribution in [0, 0.1) is 5.41 Å². The largest absolute Gasteiger partial charge is 0.326 e. The van der Waals surface area contributed by atoms with E-state index in [0.717, 1.165) is 5.39 Å². The van der Waals surface area contributed by atoms with E-state index in [1.807, 2.05) is 20.8 Å². The summed E-state index contributed by atoms with van der Waals surface area (Å²) in [5.74, 6) is -0.0746. The molecule has 0 unspecified atom stereocenters. The molecule has 0 fully saturated rings. The number of rotatable bonds is 2. The third-order valence-electron chi connectivity index (χ3n) is 2.86. The highest BCUT2D eigenvalue weighted by molar-refractivity contribution is 6.32. The van der Waals surface area contributed by atoms with Gasteiger partial charge in [-0.2, -0.15) is 0 Å². The van der Waals surface area contributed by atoms with Crippen LogP contribution in [0.4, 0.5) is 5.69 Å². The fourth-order valence-electron chi connectivity index (χ4n) is 1.65. The lowest BCUT2D eigenvalue weighted by Gasteiger charge is -2.17. The summed E-state index contributed by atoms with van der Waals surface area (Å²) in [6.07, 6.45) is 0.662. The molecule has 0 aliphatic rings. The van der Waals surface area contributed by atoms with Crippen LogP contribution in [0.1, 0.15) is 31.1 Å². The van der Waals surface area contributed by atoms with Crippen LogP contribution in [0.3, 0.4) is 0 Å². The minimum absolute atomic E-state index is 0.0746. The minimum atomic E-state index is -0.471. The summed E-state index contributed by atoms with van der Waals surface area (Å²) in [5.41, 5.74) is 1.20. The highest BCUT2D eigenvalue weighted by Crippen LogP contribution is 2.24. The first-order chi connectivity index (χ1) is 9.31. The van der Waals surface area contributed by atoms with Gasteiger partial charge in [0.05, 0.1) is 11.1 Å². The van der Waals surface area contributed by atoms with Crippen molar-refractivity contribution in [2.45, 2.75) is 20.8 Å². The number of fused-ring (bicyclic) bond motifs is 1. The number of pyridine rings is 1. The van der Waals surface area contributed by atoms with Crippen LogP contribution in [-0.4, -0.2) is 17.2 Å². The molecule has 2 rings (SSSR count). The first-order valence-corrected chi connectivity index (χ1v) is 6.56. The average molecular weight is 291 g/mol. The molecule has 0 spiro atoms. The molecule has 20 heavy (non-hydrogen) atoms. The number of benzene rings is 1. The van der Waals surface area contributed by atoms with Gasteiger partial charge < -0.3 is 5.32 Å². The maximum absolute atomic E-state index is 11.9. The first-order valence-electron chi connectivity index (χ1n) is 6.18. The minimum Gasteiger partial charge on any atom is -0.326 e. The van der Waals surface area contributed by atoms with Crippen molar-refractivity contribution in [2.24, 2.45) is 5.41 Å². The summed E-state index contributed by atoms with van der Waals surface area (Å²) < 4.78 is 0. The normalized spacial score (nSPS) is 11.4. The number of aldehydes is 1. The molecule has 1 N–H and O–H groups in total. The summed E-state index contributed by atoms with van der Waals surface area (Å²) >= 11 is 5.88. The van der Waals surface area contributed by atoms with Crippen molar-refractivity contribution >= 4 is 40.4 Å². The molecule has 0 aliphatic carbocycles. The second-order valence-electron chi connectivity index (χ2n) is 5.60. The van der Waals surface area contributed by atoms with Crippen LogP contribution < -0.4 is 5.32 Å². The van der Waals surface area contributed by atoms with Gasteiger partial charge in [-0.1, -0.05) is 32.4 Å². The van der Waals surface area contributed by atoms with Crippen LogP contribution in [0.25, 0.3) is 10.9 Å². The van der Waals surface area contributed by atoms with E-state index < -0.39 is 5.41 Å². The molecule has 4 nitrogen and oxygen atoms in total. The van der Waals surface area contributed by atoms with Crippen molar-refractivity contribution < 1.29 is 9.59 Å². The Balaban J connectivity index is 2.41. The second-order valence-corrected chi connectivity index (χ2v) is 5.96. The summed E-state index contributed by atoms with van der Waals surface area (Å²) in [6, 6.07) is 6.95. The molecule has 0 saturated carbocycles. The zero-order chi connectivity index (χ0) is 14.9. The summed E-state index contributed by atoms with van der Waals surface area (Å²) in [4.78, 5) is 27.0. The van der Waals surface area contributed by atoms with E-state index in [9.17, 15) is 9.59 Å². The van der Waals surface area contributed by atoms with Gasteiger partial charge in [-0.15, -0.1) is 0 Å². The van der Waals surface area contributed by atoms with E-state index in [-0.39, 0.29) is 11.1 Å². The Kier molecular flexibility index (Phi) is 3.77. The van der Waals surface area contributed by atoms with Crippen LogP contribution in [-0.2, 0) is 4.79 Å². The Hall–Kier alpha value is -1.94. The summed E-state index contributed by atoms with van der Waals surface area (Å²) in [6.45, 7) is 5.53. The number of hydrogen-bond donors (Lipinski definition) is 1. The molecule has 1 amide bonds. The van der Waals surface area contributed by atoms with Gasteiger partial charge in [-0.05, 0) is 24.3 Å². The standard InChI is InChI=1S/C15H15ClN2O2/c1-15(2,3)14(20)17-11-4-5-12-9(7-11)6-10(8-19)13(16)18-12/h4-8H,1-3H3,(H,17,20). The molecular weight excluding hydrogens is 276 g/mol. The Labute approximate surface area is 122 Å². The molecule has 104 valence electrons. The molecule has 0 bridgehead atoms. The molecule has 1 aromatic carbocycles. The van der Waals surface area contributed by atoms with E-state index in [0.29, 0.717) is 23.1 Å². The third-order valence-corrected chi connectivity index (χ3v) is 3.16. The van der Waals surface area contributed by atoms with Gasteiger partial charge in [-0.3, -0.25) is 9.59 Å². The average Bonchev–Trinajstić information content (AvgIpc) is 2.37. The number of halogens is 1. The van der Waals surface area contributed by atoms with Crippen LogP contribution in [0.5, 0.6) is 0 Å². The van der Waals surface area contributed by atoms with Crippen LogP contribution in [0.2, 0.25) is 5.15 Å². The van der Waals surface area contributed by atoms with Gasteiger partial charge in [-0.25, -0.2) is 4.98 Å². The van der Waals surface area contributed by atoms with Crippen molar-refractivity contribution in [3.05, 3.63) is 35.0 Å². The number of anilines is 1. The number of carbonyl (C=O) groups excluding carboxylic acids is 2. The number of amides is 1. The van der Waals surface area contributed by atoms with Crippen molar-refractivity contribution in [1.82, 2.24) is 4.98 Å². The van der Waals surface area contributed by atoms with E-state index in [1.165, 1.54) is 0 Å². The van der Waals surface area contributed by atoms with E-state index in [4.69, 9.17) is 11.6 Å². The van der Waals surface area contributed by atoms with E-state index in [1.54, 1.807) is 24.3 Å². The summed E-state index contributed by atoms with van der Waals surface area (Å²) in [5, 5.41) is 3.77. The molecule has 0 saturated heterocycles. The van der Waals surface area contributed by atoms with Gasteiger partial charge in [0.25, 0.3) is 0 Å². The zero-order valence-corrected chi connectivity index (χ0v) is 12.3. The SMILES string of the molecule is CC(C)(C)C(=O)Nc1ccc2nc(Cl)c(C=O)cc2c1. The third kappa shape index (κ3) is 2.96. The molecule has 2 aromatic rings. The van der Waals surface area contributed by atoms with Crippen LogP contribution in [0.15, 0.2) is 24.3 Å². The topological polar surface area (TPSA) is 59.1 Å². The Morgan fingerprint density at radius 1 is 1.30 bits per heavy atom. The van der Waals surface area contributed by atoms with Gasteiger partial charge in [0.2, 0.25) is 5.91 Å².